The first kappa shape index (κ1) is 19.5. The summed E-state index contributed by atoms with van der Waals surface area (Å²) in [5, 5.41) is 11.9. The Morgan fingerprint density at radius 2 is 2.04 bits per heavy atom. The number of benzene rings is 2. The molecule has 0 amide bonds. The van der Waals surface area contributed by atoms with E-state index >= 15 is 0 Å². The maximum Gasteiger partial charge on any atom is 0.340 e. The number of ether oxygens (including phenoxy) is 1. The third-order valence-electron chi connectivity index (χ3n) is 4.43. The summed E-state index contributed by atoms with van der Waals surface area (Å²) in [7, 11) is 0. The van der Waals surface area contributed by atoms with Gasteiger partial charge in [-0.3, -0.25) is 0 Å². The van der Waals surface area contributed by atoms with Crippen molar-refractivity contribution in [3.63, 3.8) is 0 Å². The zero-order valence-electron chi connectivity index (χ0n) is 15.1. The van der Waals surface area contributed by atoms with E-state index in [1.165, 1.54) is 0 Å². The van der Waals surface area contributed by atoms with Gasteiger partial charge in [0.15, 0.2) is 0 Å². The molecule has 6 heteroatoms. The molecule has 0 atom stereocenters. The van der Waals surface area contributed by atoms with Crippen LogP contribution >= 0.6 is 27.5 Å². The minimum Gasteiger partial charge on any atom is -0.506 e. The summed E-state index contributed by atoms with van der Waals surface area (Å²) in [6.07, 6.45) is 2.11. The number of aromatic hydroxyl groups is 1. The number of rotatable bonds is 5. The molecule has 1 heterocycles. The van der Waals surface area contributed by atoms with Gasteiger partial charge in [-0.15, -0.1) is 6.58 Å². The molecule has 3 rings (SSSR count). The van der Waals surface area contributed by atoms with Crippen LogP contribution < -0.4 is 0 Å². The minimum absolute atomic E-state index is 0.0983. The van der Waals surface area contributed by atoms with Crippen LogP contribution in [0.3, 0.4) is 0 Å². The van der Waals surface area contributed by atoms with E-state index in [9.17, 15) is 9.90 Å². The molecule has 0 aliphatic carbocycles. The van der Waals surface area contributed by atoms with Gasteiger partial charge in [-0.05, 0) is 66.5 Å². The molecule has 0 unspecified atom stereocenters. The first-order valence-electron chi connectivity index (χ1n) is 8.50. The number of halogens is 2. The molecule has 1 N–H and O–H groups in total. The smallest absolute Gasteiger partial charge is 0.340 e. The summed E-state index contributed by atoms with van der Waals surface area (Å²) in [5.41, 5.74) is 3.46. The standard InChI is InChI=1S/C21H19BrClNO3/c1-4-6-15-19-17(11-16(22)20(15)25)24(14-9-7-13(23)8-10-14)12(3)18(19)21(26)27-5-2/h4,7-11,25H,1,5-6H2,2-3H3. The first-order valence-corrected chi connectivity index (χ1v) is 9.67. The van der Waals surface area contributed by atoms with Gasteiger partial charge in [0.1, 0.15) is 5.75 Å². The Balaban J connectivity index is 2.46. The Kier molecular flexibility index (Phi) is 5.63. The van der Waals surface area contributed by atoms with Crippen LogP contribution in [0.25, 0.3) is 16.6 Å². The van der Waals surface area contributed by atoms with Crippen molar-refractivity contribution in [2.45, 2.75) is 20.3 Å². The molecule has 2 aromatic carbocycles. The maximum absolute atomic E-state index is 12.8. The van der Waals surface area contributed by atoms with Gasteiger partial charge < -0.3 is 14.4 Å². The predicted octanol–water partition coefficient (Wildman–Crippen LogP) is 5.97. The van der Waals surface area contributed by atoms with E-state index < -0.39 is 5.97 Å². The van der Waals surface area contributed by atoms with Crippen LogP contribution in [0.1, 0.15) is 28.5 Å². The minimum atomic E-state index is -0.417. The summed E-state index contributed by atoms with van der Waals surface area (Å²) in [5.74, 6) is -0.319. The van der Waals surface area contributed by atoms with Gasteiger partial charge in [0.2, 0.25) is 0 Å². The van der Waals surface area contributed by atoms with Gasteiger partial charge in [0.25, 0.3) is 0 Å². The number of hydrogen-bond acceptors (Lipinski definition) is 3. The molecule has 0 aliphatic rings. The van der Waals surface area contributed by atoms with Crippen LogP contribution in [0.4, 0.5) is 0 Å². The molecular weight excluding hydrogens is 430 g/mol. The number of carbonyl (C=O) groups excluding carboxylic acids is 1. The summed E-state index contributed by atoms with van der Waals surface area (Å²) in [6, 6.07) is 9.18. The number of phenols is 1. The van der Waals surface area contributed by atoms with Crippen molar-refractivity contribution in [3.05, 3.63) is 69.3 Å². The lowest BCUT2D eigenvalue weighted by Gasteiger charge is -2.11. The Morgan fingerprint density at radius 3 is 2.63 bits per heavy atom. The van der Waals surface area contributed by atoms with Crippen molar-refractivity contribution >= 4 is 44.4 Å². The highest BCUT2D eigenvalue weighted by Gasteiger charge is 2.26. The van der Waals surface area contributed by atoms with Gasteiger partial charge in [-0.2, -0.15) is 0 Å². The number of allylic oxidation sites excluding steroid dienone is 1. The number of fused-ring (bicyclic) bond motifs is 1. The monoisotopic (exact) mass is 447 g/mol. The van der Waals surface area contributed by atoms with Gasteiger partial charge in [-0.25, -0.2) is 4.79 Å². The quantitative estimate of drug-likeness (QED) is 0.387. The van der Waals surface area contributed by atoms with Crippen molar-refractivity contribution in [3.8, 4) is 11.4 Å². The fourth-order valence-electron chi connectivity index (χ4n) is 3.33. The second-order valence-corrected chi connectivity index (χ2v) is 7.36. The third kappa shape index (κ3) is 3.37. The number of phenolic OH excluding ortho intramolecular Hbond substituents is 1. The average Bonchev–Trinajstić information content (AvgIpc) is 2.92. The number of aromatic nitrogens is 1. The number of esters is 1. The van der Waals surface area contributed by atoms with E-state index in [-0.39, 0.29) is 12.4 Å². The zero-order chi connectivity index (χ0) is 19.7. The maximum atomic E-state index is 12.8. The van der Waals surface area contributed by atoms with E-state index in [2.05, 4.69) is 22.5 Å². The van der Waals surface area contributed by atoms with Crippen molar-refractivity contribution in [2.24, 2.45) is 0 Å². The van der Waals surface area contributed by atoms with Crippen molar-refractivity contribution < 1.29 is 14.6 Å². The van der Waals surface area contributed by atoms with Crippen LogP contribution in [0, 0.1) is 6.92 Å². The summed E-state index contributed by atoms with van der Waals surface area (Å²) < 4.78 is 7.81. The van der Waals surface area contributed by atoms with Crippen LogP contribution in [0.5, 0.6) is 5.75 Å². The molecule has 0 aliphatic heterocycles. The SMILES string of the molecule is C=CCc1c(O)c(Br)cc2c1c(C(=O)OCC)c(C)n2-c1ccc(Cl)cc1. The molecule has 27 heavy (non-hydrogen) atoms. The first-order chi connectivity index (χ1) is 12.9. The highest BCUT2D eigenvalue weighted by molar-refractivity contribution is 9.10. The topological polar surface area (TPSA) is 51.5 Å². The fourth-order valence-corrected chi connectivity index (χ4v) is 3.91. The number of nitrogens with zero attached hydrogens (tertiary/aromatic N) is 1. The molecule has 0 fully saturated rings. The molecule has 0 saturated heterocycles. The number of hydrogen-bond donors (Lipinski definition) is 1. The highest BCUT2D eigenvalue weighted by atomic mass is 79.9. The third-order valence-corrected chi connectivity index (χ3v) is 5.29. The molecule has 0 bridgehead atoms. The zero-order valence-corrected chi connectivity index (χ0v) is 17.4. The van der Waals surface area contributed by atoms with Gasteiger partial charge in [-0.1, -0.05) is 17.7 Å². The van der Waals surface area contributed by atoms with E-state index in [0.717, 1.165) is 16.9 Å². The van der Waals surface area contributed by atoms with Crippen molar-refractivity contribution in [1.29, 1.82) is 0 Å². The van der Waals surface area contributed by atoms with Crippen LogP contribution in [-0.2, 0) is 11.2 Å². The van der Waals surface area contributed by atoms with Crippen LogP contribution in [0.2, 0.25) is 5.02 Å². The van der Waals surface area contributed by atoms with Crippen molar-refractivity contribution in [1.82, 2.24) is 4.57 Å². The Morgan fingerprint density at radius 1 is 1.37 bits per heavy atom. The second-order valence-electron chi connectivity index (χ2n) is 6.07. The Hall–Kier alpha value is -2.24. The molecule has 0 radical (unpaired) electrons. The largest absolute Gasteiger partial charge is 0.506 e. The highest BCUT2D eigenvalue weighted by Crippen LogP contribution is 2.41. The Bertz CT molecular complexity index is 1040. The van der Waals surface area contributed by atoms with E-state index in [4.69, 9.17) is 16.3 Å². The molecule has 0 spiro atoms. The van der Waals surface area contributed by atoms with E-state index in [1.807, 2.05) is 29.7 Å². The lowest BCUT2D eigenvalue weighted by molar-refractivity contribution is 0.0527. The average molecular weight is 449 g/mol. The molecule has 0 saturated carbocycles. The van der Waals surface area contributed by atoms with E-state index in [1.54, 1.807) is 25.1 Å². The molecule has 1 aromatic heterocycles. The number of carbonyl (C=O) groups is 1. The molecular formula is C21H19BrClNO3. The Labute approximate surface area is 171 Å². The molecule has 3 aromatic rings. The molecule has 140 valence electrons. The summed E-state index contributed by atoms with van der Waals surface area (Å²) >= 11 is 9.45. The van der Waals surface area contributed by atoms with Crippen LogP contribution in [-0.4, -0.2) is 22.2 Å². The van der Waals surface area contributed by atoms with Gasteiger partial charge in [0, 0.05) is 27.4 Å². The van der Waals surface area contributed by atoms with Gasteiger partial charge in [0.05, 0.1) is 22.2 Å². The van der Waals surface area contributed by atoms with E-state index in [0.29, 0.717) is 32.4 Å². The van der Waals surface area contributed by atoms with Crippen LogP contribution in [0.15, 0.2) is 47.5 Å². The normalized spacial score (nSPS) is 11.0. The summed E-state index contributed by atoms with van der Waals surface area (Å²) in [6.45, 7) is 7.68. The second kappa shape index (κ2) is 7.79. The molecule has 4 nitrogen and oxygen atoms in total. The lowest BCUT2D eigenvalue weighted by atomic mass is 10.0. The lowest BCUT2D eigenvalue weighted by Crippen LogP contribution is -2.07. The summed E-state index contributed by atoms with van der Waals surface area (Å²) in [4.78, 5) is 12.8. The predicted molar refractivity (Wildman–Crippen MR) is 112 cm³/mol. The van der Waals surface area contributed by atoms with Crippen molar-refractivity contribution in [2.75, 3.05) is 6.61 Å². The van der Waals surface area contributed by atoms with Gasteiger partial charge >= 0.3 is 5.97 Å². The fraction of sp³-hybridized carbons (Fsp3) is 0.190.